The molecule has 1 amide bonds. The topological polar surface area (TPSA) is 41.6 Å². The van der Waals surface area contributed by atoms with E-state index >= 15 is 0 Å². The van der Waals surface area contributed by atoms with Crippen LogP contribution in [0, 0.1) is 5.41 Å². The summed E-state index contributed by atoms with van der Waals surface area (Å²) in [7, 11) is 1.70. The molecule has 0 atom stereocenters. The molecule has 0 radical (unpaired) electrons. The zero-order valence-electron chi connectivity index (χ0n) is 13.0. The van der Waals surface area contributed by atoms with Crippen LogP contribution >= 0.6 is 0 Å². The Balaban J connectivity index is 2.79. The molecule has 0 aliphatic carbocycles. The van der Waals surface area contributed by atoms with Crippen LogP contribution < -0.4 is 5.32 Å². The van der Waals surface area contributed by atoms with Crippen molar-refractivity contribution in [3.05, 3.63) is 0 Å². The molecule has 1 aliphatic heterocycles. The fraction of sp³-hybridized carbons (Fsp3) is 0.933. The molecule has 1 saturated heterocycles. The van der Waals surface area contributed by atoms with Gasteiger partial charge in [-0.05, 0) is 38.8 Å². The Morgan fingerprint density at radius 1 is 1.32 bits per heavy atom. The normalized spacial score (nSPS) is 18.6. The van der Waals surface area contributed by atoms with Gasteiger partial charge in [0, 0.05) is 25.1 Å². The van der Waals surface area contributed by atoms with Gasteiger partial charge in [0.25, 0.3) is 0 Å². The summed E-state index contributed by atoms with van der Waals surface area (Å²) in [5.41, 5.74) is -0.193. The van der Waals surface area contributed by atoms with Crippen LogP contribution in [0.5, 0.6) is 0 Å². The SMILES string of the molecule is CCC(CC)N(CCOC)C(=O)C1(C)CCNCC1. The molecule has 0 spiro atoms. The molecule has 19 heavy (non-hydrogen) atoms. The molecule has 4 nitrogen and oxygen atoms in total. The maximum absolute atomic E-state index is 12.9. The fourth-order valence-electron chi connectivity index (χ4n) is 2.91. The molecular weight excluding hydrogens is 240 g/mol. The van der Waals surface area contributed by atoms with E-state index < -0.39 is 0 Å². The highest BCUT2D eigenvalue weighted by Crippen LogP contribution is 2.31. The lowest BCUT2D eigenvalue weighted by atomic mass is 9.79. The minimum atomic E-state index is -0.193. The van der Waals surface area contributed by atoms with Gasteiger partial charge in [-0.25, -0.2) is 0 Å². The predicted molar refractivity (Wildman–Crippen MR) is 78.2 cm³/mol. The maximum atomic E-state index is 12.9. The number of amides is 1. The van der Waals surface area contributed by atoms with E-state index in [1.165, 1.54) is 0 Å². The molecule has 0 aromatic carbocycles. The van der Waals surface area contributed by atoms with Gasteiger partial charge >= 0.3 is 0 Å². The Morgan fingerprint density at radius 3 is 2.37 bits per heavy atom. The Hall–Kier alpha value is -0.610. The number of nitrogens with one attached hydrogen (secondary N) is 1. The summed E-state index contributed by atoms with van der Waals surface area (Å²) >= 11 is 0. The van der Waals surface area contributed by atoms with Crippen LogP contribution in [-0.4, -0.2) is 50.2 Å². The van der Waals surface area contributed by atoms with Crippen LogP contribution in [0.4, 0.5) is 0 Å². The second-order valence-electron chi connectivity index (χ2n) is 5.77. The number of hydrogen-bond acceptors (Lipinski definition) is 3. The number of ether oxygens (including phenoxy) is 1. The average Bonchev–Trinajstić information content (AvgIpc) is 2.43. The van der Waals surface area contributed by atoms with Crippen molar-refractivity contribution in [2.75, 3.05) is 33.4 Å². The first kappa shape index (κ1) is 16.4. The van der Waals surface area contributed by atoms with Crippen LogP contribution in [0.3, 0.4) is 0 Å². The third kappa shape index (κ3) is 4.18. The predicted octanol–water partition coefficient (Wildman–Crippen LogP) is 2.04. The molecule has 1 fully saturated rings. The maximum Gasteiger partial charge on any atom is 0.228 e. The molecule has 0 saturated carbocycles. The van der Waals surface area contributed by atoms with E-state index in [0.717, 1.165) is 38.8 Å². The van der Waals surface area contributed by atoms with Gasteiger partial charge in [-0.15, -0.1) is 0 Å². The van der Waals surface area contributed by atoms with E-state index in [1.54, 1.807) is 7.11 Å². The van der Waals surface area contributed by atoms with Crippen LogP contribution in [0.2, 0.25) is 0 Å². The lowest BCUT2D eigenvalue weighted by Gasteiger charge is -2.40. The Bertz CT molecular complexity index is 271. The fourth-order valence-corrected chi connectivity index (χ4v) is 2.91. The van der Waals surface area contributed by atoms with Crippen molar-refractivity contribution < 1.29 is 9.53 Å². The van der Waals surface area contributed by atoms with Crippen molar-refractivity contribution in [1.29, 1.82) is 0 Å². The minimum absolute atomic E-state index is 0.193. The summed E-state index contributed by atoms with van der Waals surface area (Å²) in [6, 6.07) is 0.342. The molecule has 1 N–H and O–H groups in total. The molecule has 4 heteroatoms. The quantitative estimate of drug-likeness (QED) is 0.770. The third-order valence-electron chi connectivity index (χ3n) is 4.40. The zero-order valence-corrected chi connectivity index (χ0v) is 13.0. The monoisotopic (exact) mass is 270 g/mol. The number of methoxy groups -OCH3 is 1. The van der Waals surface area contributed by atoms with Crippen LogP contribution in [0.25, 0.3) is 0 Å². The van der Waals surface area contributed by atoms with Crippen molar-refractivity contribution in [2.24, 2.45) is 5.41 Å². The molecule has 0 unspecified atom stereocenters. The van der Waals surface area contributed by atoms with E-state index in [2.05, 4.69) is 31.0 Å². The van der Waals surface area contributed by atoms with Gasteiger partial charge < -0.3 is 15.0 Å². The molecule has 1 rings (SSSR count). The van der Waals surface area contributed by atoms with Gasteiger partial charge in [0.1, 0.15) is 0 Å². The first-order valence-electron chi connectivity index (χ1n) is 7.59. The van der Waals surface area contributed by atoms with Gasteiger partial charge in [-0.1, -0.05) is 20.8 Å². The smallest absolute Gasteiger partial charge is 0.228 e. The third-order valence-corrected chi connectivity index (χ3v) is 4.40. The van der Waals surface area contributed by atoms with Crippen molar-refractivity contribution in [1.82, 2.24) is 10.2 Å². The molecular formula is C15H30N2O2. The number of piperidine rings is 1. The van der Waals surface area contributed by atoms with Gasteiger partial charge in [0.15, 0.2) is 0 Å². The molecule has 1 heterocycles. The second kappa shape index (κ2) is 7.85. The largest absolute Gasteiger partial charge is 0.383 e. The van der Waals surface area contributed by atoms with Crippen molar-refractivity contribution >= 4 is 5.91 Å². The lowest BCUT2D eigenvalue weighted by molar-refractivity contribution is -0.146. The van der Waals surface area contributed by atoms with E-state index in [9.17, 15) is 4.79 Å². The number of carbonyl (C=O) groups excluding carboxylic acids is 1. The summed E-state index contributed by atoms with van der Waals surface area (Å²) in [4.78, 5) is 15.0. The number of carbonyl (C=O) groups is 1. The van der Waals surface area contributed by atoms with E-state index in [4.69, 9.17) is 4.74 Å². The van der Waals surface area contributed by atoms with Crippen molar-refractivity contribution in [2.45, 2.75) is 52.5 Å². The molecule has 112 valence electrons. The zero-order chi connectivity index (χ0) is 14.3. The highest BCUT2D eigenvalue weighted by molar-refractivity contribution is 5.82. The van der Waals surface area contributed by atoms with E-state index in [-0.39, 0.29) is 5.41 Å². The molecule has 0 aromatic rings. The summed E-state index contributed by atoms with van der Waals surface area (Å²) in [5.74, 6) is 0.319. The van der Waals surface area contributed by atoms with Gasteiger partial charge in [0.2, 0.25) is 5.91 Å². The standard InChI is InChI=1S/C15H30N2O2/c1-5-13(6-2)17(11-12-19-4)14(18)15(3)7-9-16-10-8-15/h13,16H,5-12H2,1-4H3. The summed E-state index contributed by atoms with van der Waals surface area (Å²) in [6.45, 7) is 9.67. The number of nitrogens with zero attached hydrogens (tertiary/aromatic N) is 1. The Morgan fingerprint density at radius 2 is 1.89 bits per heavy atom. The van der Waals surface area contributed by atoms with Crippen molar-refractivity contribution in [3.63, 3.8) is 0 Å². The Kier molecular flexibility index (Phi) is 6.80. The molecule has 0 aromatic heterocycles. The second-order valence-corrected chi connectivity index (χ2v) is 5.77. The number of hydrogen-bond donors (Lipinski definition) is 1. The van der Waals surface area contributed by atoms with Crippen molar-refractivity contribution in [3.8, 4) is 0 Å². The van der Waals surface area contributed by atoms with E-state index in [0.29, 0.717) is 25.1 Å². The summed E-state index contributed by atoms with van der Waals surface area (Å²) in [5, 5.41) is 3.34. The summed E-state index contributed by atoms with van der Waals surface area (Å²) in [6.07, 6.45) is 3.91. The van der Waals surface area contributed by atoms with Gasteiger partial charge in [-0.2, -0.15) is 0 Å². The van der Waals surface area contributed by atoms with Crippen LogP contribution in [0.15, 0.2) is 0 Å². The van der Waals surface area contributed by atoms with E-state index in [1.807, 2.05) is 0 Å². The number of rotatable bonds is 7. The minimum Gasteiger partial charge on any atom is -0.383 e. The first-order chi connectivity index (χ1) is 9.09. The summed E-state index contributed by atoms with van der Waals surface area (Å²) < 4.78 is 5.18. The Labute approximate surface area is 117 Å². The highest BCUT2D eigenvalue weighted by Gasteiger charge is 2.39. The van der Waals surface area contributed by atoms with Gasteiger partial charge in [-0.3, -0.25) is 4.79 Å². The lowest BCUT2D eigenvalue weighted by Crippen LogP contribution is -2.51. The first-order valence-corrected chi connectivity index (χ1v) is 7.59. The van der Waals surface area contributed by atoms with Crippen LogP contribution in [-0.2, 0) is 9.53 Å². The average molecular weight is 270 g/mol. The highest BCUT2D eigenvalue weighted by atomic mass is 16.5. The van der Waals surface area contributed by atoms with Gasteiger partial charge in [0.05, 0.1) is 6.61 Å². The van der Waals surface area contributed by atoms with Crippen LogP contribution in [0.1, 0.15) is 46.5 Å². The molecule has 1 aliphatic rings. The molecule has 0 bridgehead atoms.